The summed E-state index contributed by atoms with van der Waals surface area (Å²) < 4.78 is 5.18. The molecule has 0 aliphatic heterocycles. The van der Waals surface area contributed by atoms with Crippen LogP contribution in [-0.4, -0.2) is 24.1 Å². The molecule has 5 heteroatoms. The van der Waals surface area contributed by atoms with Crippen molar-refractivity contribution in [2.45, 2.75) is 6.92 Å². The van der Waals surface area contributed by atoms with Gasteiger partial charge in [-0.1, -0.05) is 11.6 Å². The molecule has 1 aromatic heterocycles. The molecular formula is C13H14ClN3O. The van der Waals surface area contributed by atoms with E-state index in [2.05, 4.69) is 15.3 Å². The van der Waals surface area contributed by atoms with E-state index >= 15 is 0 Å². The van der Waals surface area contributed by atoms with E-state index in [0.717, 1.165) is 16.8 Å². The van der Waals surface area contributed by atoms with Crippen LogP contribution in [0.15, 0.2) is 24.4 Å². The predicted molar refractivity (Wildman–Crippen MR) is 73.3 cm³/mol. The number of aromatic nitrogens is 2. The number of rotatable bonds is 3. The highest BCUT2D eigenvalue weighted by molar-refractivity contribution is 6.32. The van der Waals surface area contributed by atoms with Gasteiger partial charge in [-0.05, 0) is 30.7 Å². The molecule has 94 valence electrons. The molecule has 0 aliphatic rings. The number of hydrogen-bond donors (Lipinski definition) is 1. The molecule has 0 fully saturated rings. The van der Waals surface area contributed by atoms with Gasteiger partial charge in [-0.15, -0.1) is 0 Å². The van der Waals surface area contributed by atoms with Gasteiger partial charge in [-0.3, -0.25) is 0 Å². The van der Waals surface area contributed by atoms with E-state index < -0.39 is 0 Å². The smallest absolute Gasteiger partial charge is 0.222 e. The summed E-state index contributed by atoms with van der Waals surface area (Å²) in [6, 6.07) is 5.61. The average molecular weight is 264 g/mol. The minimum absolute atomic E-state index is 0.572. The SMILES string of the molecule is CNc1nccc(-c2cc(Cl)c(OC)cc2C)n1. The van der Waals surface area contributed by atoms with Crippen molar-refractivity contribution in [3.8, 4) is 17.0 Å². The van der Waals surface area contributed by atoms with Crippen LogP contribution in [0.3, 0.4) is 0 Å². The summed E-state index contributed by atoms with van der Waals surface area (Å²) in [5.74, 6) is 1.25. The van der Waals surface area contributed by atoms with E-state index in [4.69, 9.17) is 16.3 Å². The van der Waals surface area contributed by atoms with Gasteiger partial charge in [0.15, 0.2) is 0 Å². The van der Waals surface area contributed by atoms with Crippen molar-refractivity contribution in [2.24, 2.45) is 0 Å². The summed E-state index contributed by atoms with van der Waals surface area (Å²) in [5.41, 5.74) is 2.85. The Morgan fingerprint density at radius 2 is 2.11 bits per heavy atom. The molecule has 1 N–H and O–H groups in total. The molecule has 0 atom stereocenters. The van der Waals surface area contributed by atoms with Gasteiger partial charge in [0.25, 0.3) is 0 Å². The molecule has 0 amide bonds. The second kappa shape index (κ2) is 5.23. The van der Waals surface area contributed by atoms with E-state index in [0.29, 0.717) is 16.7 Å². The fraction of sp³-hybridized carbons (Fsp3) is 0.231. The van der Waals surface area contributed by atoms with Crippen LogP contribution in [0.1, 0.15) is 5.56 Å². The molecule has 0 spiro atoms. The van der Waals surface area contributed by atoms with Crippen LogP contribution >= 0.6 is 11.6 Å². The summed E-state index contributed by atoms with van der Waals surface area (Å²) in [7, 11) is 3.39. The number of nitrogens with zero attached hydrogens (tertiary/aromatic N) is 2. The maximum absolute atomic E-state index is 6.14. The molecule has 18 heavy (non-hydrogen) atoms. The van der Waals surface area contributed by atoms with Gasteiger partial charge in [0.1, 0.15) is 5.75 Å². The van der Waals surface area contributed by atoms with E-state index in [9.17, 15) is 0 Å². The van der Waals surface area contributed by atoms with Gasteiger partial charge in [-0.25, -0.2) is 9.97 Å². The van der Waals surface area contributed by atoms with Gasteiger partial charge in [0, 0.05) is 18.8 Å². The molecule has 1 aromatic carbocycles. The van der Waals surface area contributed by atoms with Crippen LogP contribution in [0.4, 0.5) is 5.95 Å². The second-order valence-corrected chi connectivity index (χ2v) is 4.22. The summed E-state index contributed by atoms with van der Waals surface area (Å²) in [4.78, 5) is 8.49. The van der Waals surface area contributed by atoms with Crippen molar-refractivity contribution >= 4 is 17.5 Å². The van der Waals surface area contributed by atoms with E-state index in [1.54, 1.807) is 20.4 Å². The number of aryl methyl sites for hydroxylation is 1. The molecule has 2 rings (SSSR count). The lowest BCUT2D eigenvalue weighted by atomic mass is 10.1. The summed E-state index contributed by atoms with van der Waals surface area (Å²) in [6.45, 7) is 2.00. The molecular weight excluding hydrogens is 250 g/mol. The molecule has 1 heterocycles. The number of ether oxygens (including phenoxy) is 1. The molecule has 2 aromatic rings. The van der Waals surface area contributed by atoms with E-state index in [1.807, 2.05) is 25.1 Å². The Labute approximate surface area is 111 Å². The molecule has 0 unspecified atom stereocenters. The fourth-order valence-electron chi connectivity index (χ4n) is 1.72. The maximum atomic E-state index is 6.14. The zero-order valence-electron chi connectivity index (χ0n) is 10.5. The quantitative estimate of drug-likeness (QED) is 0.924. The molecule has 0 radical (unpaired) electrons. The van der Waals surface area contributed by atoms with Crippen LogP contribution in [0.25, 0.3) is 11.3 Å². The number of hydrogen-bond acceptors (Lipinski definition) is 4. The number of anilines is 1. The Bertz CT molecular complexity index is 572. The van der Waals surface area contributed by atoms with Crippen molar-refractivity contribution in [1.82, 2.24) is 9.97 Å². The molecule has 0 saturated heterocycles. The first-order valence-electron chi connectivity index (χ1n) is 5.51. The van der Waals surface area contributed by atoms with Crippen LogP contribution in [0.2, 0.25) is 5.02 Å². The fourth-order valence-corrected chi connectivity index (χ4v) is 1.96. The normalized spacial score (nSPS) is 10.2. The third kappa shape index (κ3) is 2.38. The summed E-state index contributed by atoms with van der Waals surface area (Å²) in [5, 5.41) is 3.49. The first-order valence-corrected chi connectivity index (χ1v) is 5.89. The lowest BCUT2D eigenvalue weighted by Crippen LogP contribution is -1.97. The molecule has 0 aliphatic carbocycles. The van der Waals surface area contributed by atoms with Crippen LogP contribution in [0, 0.1) is 6.92 Å². The van der Waals surface area contributed by atoms with Crippen molar-refractivity contribution < 1.29 is 4.74 Å². The molecule has 0 saturated carbocycles. The Kier molecular flexibility index (Phi) is 3.67. The van der Waals surface area contributed by atoms with Crippen molar-refractivity contribution in [3.05, 3.63) is 35.0 Å². The standard InChI is InChI=1S/C13H14ClN3O/c1-8-6-12(18-3)10(14)7-9(8)11-4-5-16-13(15-2)17-11/h4-7H,1-3H3,(H,15,16,17). The van der Waals surface area contributed by atoms with Gasteiger partial charge in [0.05, 0.1) is 17.8 Å². The van der Waals surface area contributed by atoms with Crippen LogP contribution < -0.4 is 10.1 Å². The van der Waals surface area contributed by atoms with E-state index in [1.165, 1.54) is 0 Å². The predicted octanol–water partition coefficient (Wildman–Crippen LogP) is 3.16. The topological polar surface area (TPSA) is 47.0 Å². The number of methoxy groups -OCH3 is 1. The minimum atomic E-state index is 0.572. The third-order valence-corrected chi connectivity index (χ3v) is 2.95. The van der Waals surface area contributed by atoms with Gasteiger partial charge >= 0.3 is 0 Å². The minimum Gasteiger partial charge on any atom is -0.495 e. The van der Waals surface area contributed by atoms with Crippen LogP contribution in [-0.2, 0) is 0 Å². The maximum Gasteiger partial charge on any atom is 0.222 e. The first-order chi connectivity index (χ1) is 8.65. The Morgan fingerprint density at radius 1 is 1.33 bits per heavy atom. The Hall–Kier alpha value is -1.81. The lowest BCUT2D eigenvalue weighted by Gasteiger charge is -2.10. The Balaban J connectivity index is 2.53. The van der Waals surface area contributed by atoms with Crippen molar-refractivity contribution in [1.29, 1.82) is 0 Å². The molecule has 0 bridgehead atoms. The van der Waals surface area contributed by atoms with E-state index in [-0.39, 0.29) is 0 Å². The summed E-state index contributed by atoms with van der Waals surface area (Å²) >= 11 is 6.14. The Morgan fingerprint density at radius 3 is 2.78 bits per heavy atom. The highest BCUT2D eigenvalue weighted by atomic mass is 35.5. The molecule has 4 nitrogen and oxygen atoms in total. The summed E-state index contributed by atoms with van der Waals surface area (Å²) in [6.07, 6.45) is 1.71. The number of nitrogens with one attached hydrogen (secondary N) is 1. The zero-order chi connectivity index (χ0) is 13.1. The van der Waals surface area contributed by atoms with Gasteiger partial charge in [0.2, 0.25) is 5.95 Å². The van der Waals surface area contributed by atoms with Gasteiger partial charge < -0.3 is 10.1 Å². The van der Waals surface area contributed by atoms with Crippen molar-refractivity contribution in [3.63, 3.8) is 0 Å². The third-order valence-electron chi connectivity index (χ3n) is 2.65. The lowest BCUT2D eigenvalue weighted by molar-refractivity contribution is 0.415. The zero-order valence-corrected chi connectivity index (χ0v) is 11.2. The second-order valence-electron chi connectivity index (χ2n) is 3.82. The highest BCUT2D eigenvalue weighted by Gasteiger charge is 2.09. The number of halogens is 1. The van der Waals surface area contributed by atoms with Crippen molar-refractivity contribution in [2.75, 3.05) is 19.5 Å². The largest absolute Gasteiger partial charge is 0.495 e. The monoisotopic (exact) mass is 263 g/mol. The van der Waals surface area contributed by atoms with Crippen LogP contribution in [0.5, 0.6) is 5.75 Å². The highest BCUT2D eigenvalue weighted by Crippen LogP contribution is 2.32. The van der Waals surface area contributed by atoms with Gasteiger partial charge in [-0.2, -0.15) is 0 Å². The number of benzene rings is 1. The average Bonchev–Trinajstić information content (AvgIpc) is 2.41. The first kappa shape index (κ1) is 12.6.